The Labute approximate surface area is 129 Å². The van der Waals surface area contributed by atoms with Gasteiger partial charge in [0.2, 0.25) is 0 Å². The van der Waals surface area contributed by atoms with Crippen molar-refractivity contribution in [2.45, 2.75) is 0 Å². The SMILES string of the molecule is COc1ccc(-c2cc(-c3ccc(C#N)cc3)nn2C)cc1. The summed E-state index contributed by atoms with van der Waals surface area (Å²) in [6, 6.07) is 19.5. The van der Waals surface area contributed by atoms with E-state index in [1.54, 1.807) is 19.2 Å². The maximum Gasteiger partial charge on any atom is 0.118 e. The molecule has 3 aromatic rings. The van der Waals surface area contributed by atoms with Crippen LogP contribution < -0.4 is 4.74 Å². The van der Waals surface area contributed by atoms with E-state index in [1.165, 1.54) is 0 Å². The first-order valence-corrected chi connectivity index (χ1v) is 6.90. The summed E-state index contributed by atoms with van der Waals surface area (Å²) in [7, 11) is 3.58. The highest BCUT2D eigenvalue weighted by molar-refractivity contribution is 5.69. The Hall–Kier alpha value is -3.06. The zero-order chi connectivity index (χ0) is 15.5. The average Bonchev–Trinajstić information content (AvgIpc) is 2.97. The molecule has 0 aliphatic rings. The Kier molecular flexibility index (Phi) is 3.63. The van der Waals surface area contributed by atoms with Crippen LogP contribution in [0.25, 0.3) is 22.5 Å². The maximum absolute atomic E-state index is 8.86. The van der Waals surface area contributed by atoms with Gasteiger partial charge >= 0.3 is 0 Å². The van der Waals surface area contributed by atoms with Crippen molar-refractivity contribution in [1.82, 2.24) is 9.78 Å². The molecule has 0 unspecified atom stereocenters. The number of methoxy groups -OCH3 is 1. The molecule has 1 aromatic heterocycles. The molecule has 0 saturated carbocycles. The van der Waals surface area contributed by atoms with Crippen molar-refractivity contribution < 1.29 is 4.74 Å². The highest BCUT2D eigenvalue weighted by atomic mass is 16.5. The lowest BCUT2D eigenvalue weighted by molar-refractivity contribution is 0.415. The molecule has 0 N–H and O–H groups in total. The van der Waals surface area contributed by atoms with Crippen molar-refractivity contribution in [2.24, 2.45) is 7.05 Å². The first kappa shape index (κ1) is 13.9. The minimum atomic E-state index is 0.648. The second-order valence-electron chi connectivity index (χ2n) is 4.96. The number of aromatic nitrogens is 2. The predicted molar refractivity (Wildman–Crippen MR) is 85.3 cm³/mol. The third-order valence-electron chi connectivity index (χ3n) is 3.58. The van der Waals surface area contributed by atoms with E-state index in [-0.39, 0.29) is 0 Å². The van der Waals surface area contributed by atoms with Crippen LogP contribution in [0.15, 0.2) is 54.6 Å². The summed E-state index contributed by atoms with van der Waals surface area (Å²) < 4.78 is 7.04. The molecule has 0 amide bonds. The molecule has 0 aliphatic carbocycles. The lowest BCUT2D eigenvalue weighted by Gasteiger charge is -2.03. The van der Waals surface area contributed by atoms with E-state index in [0.717, 1.165) is 28.3 Å². The second-order valence-corrected chi connectivity index (χ2v) is 4.96. The van der Waals surface area contributed by atoms with Crippen molar-refractivity contribution in [3.8, 4) is 34.3 Å². The summed E-state index contributed by atoms with van der Waals surface area (Å²) in [5.41, 5.74) is 4.64. The van der Waals surface area contributed by atoms with Gasteiger partial charge < -0.3 is 4.74 Å². The van der Waals surface area contributed by atoms with Gasteiger partial charge in [0.25, 0.3) is 0 Å². The molecule has 0 aliphatic heterocycles. The Bertz CT molecular complexity index is 824. The van der Waals surface area contributed by atoms with Crippen LogP contribution >= 0.6 is 0 Å². The molecule has 108 valence electrons. The van der Waals surface area contributed by atoms with Crippen LogP contribution in [0, 0.1) is 11.3 Å². The number of hydrogen-bond donors (Lipinski definition) is 0. The number of ether oxygens (including phenoxy) is 1. The van der Waals surface area contributed by atoms with Crippen LogP contribution in [0.4, 0.5) is 0 Å². The summed E-state index contributed by atoms with van der Waals surface area (Å²) in [6.07, 6.45) is 0. The zero-order valence-corrected chi connectivity index (χ0v) is 12.4. The Morgan fingerprint density at radius 1 is 1.00 bits per heavy atom. The van der Waals surface area contributed by atoms with Gasteiger partial charge in [-0.05, 0) is 42.5 Å². The van der Waals surface area contributed by atoms with Gasteiger partial charge in [-0.15, -0.1) is 0 Å². The highest BCUT2D eigenvalue weighted by Crippen LogP contribution is 2.27. The van der Waals surface area contributed by atoms with Crippen LogP contribution in [0.3, 0.4) is 0 Å². The molecule has 22 heavy (non-hydrogen) atoms. The number of rotatable bonds is 3. The molecule has 4 nitrogen and oxygen atoms in total. The van der Waals surface area contributed by atoms with Crippen molar-refractivity contribution >= 4 is 0 Å². The molecule has 1 heterocycles. The van der Waals surface area contributed by atoms with Gasteiger partial charge in [-0.2, -0.15) is 10.4 Å². The van der Waals surface area contributed by atoms with Gasteiger partial charge in [0, 0.05) is 18.2 Å². The number of nitrogens with zero attached hydrogens (tertiary/aromatic N) is 3. The third kappa shape index (κ3) is 2.57. The van der Waals surface area contributed by atoms with Crippen molar-refractivity contribution in [3.63, 3.8) is 0 Å². The molecule has 3 rings (SSSR count). The Morgan fingerprint density at radius 3 is 2.23 bits per heavy atom. The van der Waals surface area contributed by atoms with Gasteiger partial charge in [0.15, 0.2) is 0 Å². The van der Waals surface area contributed by atoms with E-state index in [2.05, 4.69) is 11.2 Å². The minimum Gasteiger partial charge on any atom is -0.497 e. The molecule has 4 heteroatoms. The molecule has 0 atom stereocenters. The number of aryl methyl sites for hydroxylation is 1. The highest BCUT2D eigenvalue weighted by Gasteiger charge is 2.09. The fraction of sp³-hybridized carbons (Fsp3) is 0.111. The molecule has 2 aromatic carbocycles. The van der Waals surface area contributed by atoms with Crippen LogP contribution in [-0.4, -0.2) is 16.9 Å². The Morgan fingerprint density at radius 2 is 1.64 bits per heavy atom. The van der Waals surface area contributed by atoms with E-state index in [0.29, 0.717) is 5.56 Å². The van der Waals surface area contributed by atoms with Crippen molar-refractivity contribution in [2.75, 3.05) is 7.11 Å². The van der Waals surface area contributed by atoms with E-state index in [1.807, 2.05) is 54.2 Å². The van der Waals surface area contributed by atoms with Crippen LogP contribution in [-0.2, 0) is 7.05 Å². The summed E-state index contributed by atoms with van der Waals surface area (Å²) in [5.74, 6) is 0.832. The van der Waals surface area contributed by atoms with E-state index in [9.17, 15) is 0 Å². The topological polar surface area (TPSA) is 50.8 Å². The van der Waals surface area contributed by atoms with Gasteiger partial charge in [0.1, 0.15) is 5.75 Å². The molecule has 0 bridgehead atoms. The zero-order valence-electron chi connectivity index (χ0n) is 12.4. The molecule has 0 fully saturated rings. The van der Waals surface area contributed by atoms with E-state index >= 15 is 0 Å². The number of nitriles is 1. The summed E-state index contributed by atoms with van der Waals surface area (Å²) in [6.45, 7) is 0. The Balaban J connectivity index is 1.97. The molecule has 0 saturated heterocycles. The smallest absolute Gasteiger partial charge is 0.118 e. The molecule has 0 spiro atoms. The normalized spacial score (nSPS) is 10.2. The average molecular weight is 289 g/mol. The van der Waals surface area contributed by atoms with Crippen molar-refractivity contribution in [3.05, 3.63) is 60.2 Å². The largest absolute Gasteiger partial charge is 0.497 e. The standard InChI is InChI=1S/C18H15N3O/c1-21-18(15-7-9-16(22-2)10-8-15)11-17(20-21)14-5-3-13(12-19)4-6-14/h3-11H,1-2H3. The predicted octanol–water partition coefficient (Wildman–Crippen LogP) is 3.63. The summed E-state index contributed by atoms with van der Waals surface area (Å²) in [4.78, 5) is 0. The molecular formula is C18H15N3O. The molecular weight excluding hydrogens is 274 g/mol. The van der Waals surface area contributed by atoms with E-state index < -0.39 is 0 Å². The lowest BCUT2D eigenvalue weighted by Crippen LogP contribution is -1.93. The first-order valence-electron chi connectivity index (χ1n) is 6.90. The van der Waals surface area contributed by atoms with Gasteiger partial charge in [0.05, 0.1) is 30.1 Å². The van der Waals surface area contributed by atoms with Crippen LogP contribution in [0.2, 0.25) is 0 Å². The quantitative estimate of drug-likeness (QED) is 0.739. The monoisotopic (exact) mass is 289 g/mol. The lowest BCUT2D eigenvalue weighted by atomic mass is 10.1. The summed E-state index contributed by atoms with van der Waals surface area (Å²) >= 11 is 0. The maximum atomic E-state index is 8.86. The van der Waals surface area contributed by atoms with Crippen LogP contribution in [0.5, 0.6) is 5.75 Å². The van der Waals surface area contributed by atoms with Gasteiger partial charge in [-0.1, -0.05) is 12.1 Å². The number of hydrogen-bond acceptors (Lipinski definition) is 3. The fourth-order valence-electron chi connectivity index (χ4n) is 2.36. The third-order valence-corrected chi connectivity index (χ3v) is 3.58. The van der Waals surface area contributed by atoms with Gasteiger partial charge in [-0.25, -0.2) is 0 Å². The van der Waals surface area contributed by atoms with Crippen molar-refractivity contribution in [1.29, 1.82) is 5.26 Å². The van der Waals surface area contributed by atoms with Crippen LogP contribution in [0.1, 0.15) is 5.56 Å². The first-order chi connectivity index (χ1) is 10.7. The van der Waals surface area contributed by atoms with Gasteiger partial charge in [-0.3, -0.25) is 4.68 Å². The summed E-state index contributed by atoms with van der Waals surface area (Å²) in [5, 5.41) is 13.4. The minimum absolute atomic E-state index is 0.648. The molecule has 0 radical (unpaired) electrons. The fourth-order valence-corrected chi connectivity index (χ4v) is 2.36. The number of benzene rings is 2. The second kappa shape index (κ2) is 5.74. The van der Waals surface area contributed by atoms with E-state index in [4.69, 9.17) is 10.00 Å².